The van der Waals surface area contributed by atoms with E-state index < -0.39 is 40.4 Å². The van der Waals surface area contributed by atoms with Gasteiger partial charge in [0.05, 0.1) is 11.1 Å². The highest BCUT2D eigenvalue weighted by Crippen LogP contribution is 2.31. The Morgan fingerprint density at radius 3 is 2.16 bits per heavy atom. The Labute approximate surface area is 141 Å². The van der Waals surface area contributed by atoms with Crippen molar-refractivity contribution in [3.63, 3.8) is 0 Å². The van der Waals surface area contributed by atoms with Crippen LogP contribution in [0.1, 0.15) is 27.2 Å². The summed E-state index contributed by atoms with van der Waals surface area (Å²) in [5.74, 6) is -1.14. The molecule has 2 rings (SSSR count). The zero-order chi connectivity index (χ0) is 18.8. The van der Waals surface area contributed by atoms with Crippen LogP contribution in [0.5, 0.6) is 0 Å². The van der Waals surface area contributed by atoms with Gasteiger partial charge in [-0.2, -0.15) is 26.3 Å². The number of aromatic nitrogens is 2. The van der Waals surface area contributed by atoms with Gasteiger partial charge < -0.3 is 5.32 Å². The van der Waals surface area contributed by atoms with E-state index in [0.29, 0.717) is 6.20 Å². The number of amides is 1. The molecule has 1 N–H and O–H groups in total. The topological polar surface area (TPSA) is 54.9 Å². The molecule has 1 amide bonds. The minimum Gasteiger partial charge on any atom is -0.348 e. The average Bonchev–Trinajstić information content (AvgIpc) is 2.51. The van der Waals surface area contributed by atoms with Gasteiger partial charge in [-0.05, 0) is 29.3 Å². The summed E-state index contributed by atoms with van der Waals surface area (Å²) in [5.41, 5.74) is -2.96. The molecule has 25 heavy (non-hydrogen) atoms. The van der Waals surface area contributed by atoms with Crippen molar-refractivity contribution in [3.8, 4) is 0 Å². The molecule has 4 nitrogen and oxygen atoms in total. The molecule has 0 aliphatic rings. The Hall–Kier alpha value is -2.36. The zero-order valence-electron chi connectivity index (χ0n) is 12.0. The quantitative estimate of drug-likeness (QED) is 0.641. The molecule has 0 atom stereocenters. The van der Waals surface area contributed by atoms with Crippen molar-refractivity contribution < 1.29 is 31.1 Å². The van der Waals surface area contributed by atoms with Crippen LogP contribution in [0.3, 0.4) is 0 Å². The van der Waals surface area contributed by atoms with E-state index in [1.54, 1.807) is 0 Å². The molecular formula is C14H8ClF6N3O. The van der Waals surface area contributed by atoms with Gasteiger partial charge in [0.15, 0.2) is 5.69 Å². The zero-order valence-corrected chi connectivity index (χ0v) is 12.8. The van der Waals surface area contributed by atoms with Crippen LogP contribution in [0.2, 0.25) is 5.28 Å². The van der Waals surface area contributed by atoms with E-state index in [4.69, 9.17) is 11.6 Å². The van der Waals surface area contributed by atoms with Crippen LogP contribution in [0.25, 0.3) is 0 Å². The van der Waals surface area contributed by atoms with Crippen molar-refractivity contribution in [2.24, 2.45) is 0 Å². The second-order valence-corrected chi connectivity index (χ2v) is 5.11. The number of carbonyl (C=O) groups is 1. The summed E-state index contributed by atoms with van der Waals surface area (Å²) in [6.07, 6.45) is -8.81. The van der Waals surface area contributed by atoms with Gasteiger partial charge in [-0.25, -0.2) is 9.97 Å². The lowest BCUT2D eigenvalue weighted by atomic mass is 10.1. The number of nitrogens with one attached hydrogen (secondary N) is 1. The molecule has 11 heteroatoms. The molecule has 0 saturated heterocycles. The predicted molar refractivity (Wildman–Crippen MR) is 74.7 cm³/mol. The van der Waals surface area contributed by atoms with Crippen LogP contribution in [0.15, 0.2) is 30.5 Å². The summed E-state index contributed by atoms with van der Waals surface area (Å²) in [6.45, 7) is -0.281. The summed E-state index contributed by atoms with van der Waals surface area (Å²) < 4.78 is 75.9. The lowest BCUT2D eigenvalue weighted by Gasteiger charge is -2.12. The van der Waals surface area contributed by atoms with Crippen molar-refractivity contribution in [1.82, 2.24) is 15.3 Å². The fourth-order valence-electron chi connectivity index (χ4n) is 1.83. The molecule has 0 unspecified atom stereocenters. The molecular weight excluding hydrogens is 376 g/mol. The smallest absolute Gasteiger partial charge is 0.348 e. The standard InChI is InChI=1S/C14H8ClF6N3O/c15-12-23-6-9(10(24-12)14(19,20)21)11(25)22-5-7-1-3-8(4-2-7)13(16,17)18/h1-4,6H,5H2,(H,22,25). The number of hydrogen-bond donors (Lipinski definition) is 1. The number of halogens is 7. The van der Waals surface area contributed by atoms with E-state index >= 15 is 0 Å². The van der Waals surface area contributed by atoms with Gasteiger partial charge in [-0.3, -0.25) is 4.79 Å². The Morgan fingerprint density at radius 1 is 1.04 bits per heavy atom. The SMILES string of the molecule is O=C(NCc1ccc(C(F)(F)F)cc1)c1cnc(Cl)nc1C(F)(F)F. The van der Waals surface area contributed by atoms with E-state index in [2.05, 4.69) is 15.3 Å². The summed E-state index contributed by atoms with van der Waals surface area (Å²) in [7, 11) is 0. The van der Waals surface area contributed by atoms with Crippen LogP contribution in [-0.2, 0) is 18.9 Å². The van der Waals surface area contributed by atoms with Crippen LogP contribution >= 0.6 is 11.6 Å². The van der Waals surface area contributed by atoms with Gasteiger partial charge >= 0.3 is 12.4 Å². The highest BCUT2D eigenvalue weighted by molar-refractivity contribution is 6.28. The fraction of sp³-hybridized carbons (Fsp3) is 0.214. The third-order valence-electron chi connectivity index (χ3n) is 3.01. The molecule has 2 aromatic rings. The van der Waals surface area contributed by atoms with Gasteiger partial charge in [0.2, 0.25) is 5.28 Å². The molecule has 1 aromatic carbocycles. The molecule has 1 aromatic heterocycles. The van der Waals surface area contributed by atoms with E-state index in [-0.39, 0.29) is 12.1 Å². The highest BCUT2D eigenvalue weighted by atomic mass is 35.5. The molecule has 1 heterocycles. The number of alkyl halides is 6. The van der Waals surface area contributed by atoms with Crippen LogP contribution in [0.4, 0.5) is 26.3 Å². The predicted octanol–water partition coefficient (Wildman–Crippen LogP) is 4.10. The first kappa shape index (κ1) is 19.0. The molecule has 0 saturated carbocycles. The summed E-state index contributed by atoms with van der Waals surface area (Å²) in [4.78, 5) is 18.2. The minimum absolute atomic E-state index is 0.268. The minimum atomic E-state index is -4.92. The van der Waals surface area contributed by atoms with Crippen molar-refractivity contribution >= 4 is 17.5 Å². The van der Waals surface area contributed by atoms with Crippen molar-refractivity contribution in [3.05, 3.63) is 58.1 Å². The van der Waals surface area contributed by atoms with Crippen LogP contribution in [0, 0.1) is 0 Å². The lowest BCUT2D eigenvalue weighted by molar-refractivity contribution is -0.141. The fourth-order valence-corrected chi connectivity index (χ4v) is 1.97. The maximum Gasteiger partial charge on any atom is 0.434 e. The Kier molecular flexibility index (Phi) is 5.21. The third-order valence-corrected chi connectivity index (χ3v) is 3.19. The third kappa shape index (κ3) is 4.81. The number of rotatable bonds is 3. The monoisotopic (exact) mass is 383 g/mol. The van der Waals surface area contributed by atoms with Crippen molar-refractivity contribution in [2.45, 2.75) is 18.9 Å². The normalized spacial score (nSPS) is 12.1. The number of hydrogen-bond acceptors (Lipinski definition) is 3. The highest BCUT2D eigenvalue weighted by Gasteiger charge is 2.38. The second kappa shape index (κ2) is 6.87. The first-order chi connectivity index (χ1) is 11.5. The Balaban J connectivity index is 2.13. The van der Waals surface area contributed by atoms with Crippen molar-refractivity contribution in [1.29, 1.82) is 0 Å². The van der Waals surface area contributed by atoms with Crippen molar-refractivity contribution in [2.75, 3.05) is 0 Å². The summed E-state index contributed by atoms with van der Waals surface area (Å²) in [5, 5.41) is 1.49. The largest absolute Gasteiger partial charge is 0.434 e. The van der Waals surface area contributed by atoms with E-state index in [9.17, 15) is 31.1 Å². The average molecular weight is 384 g/mol. The van der Waals surface area contributed by atoms with Gasteiger partial charge in [-0.15, -0.1) is 0 Å². The molecule has 0 radical (unpaired) electrons. The number of benzene rings is 1. The first-order valence-electron chi connectivity index (χ1n) is 6.52. The van der Waals surface area contributed by atoms with E-state index in [1.807, 2.05) is 0 Å². The van der Waals surface area contributed by atoms with Crippen LogP contribution < -0.4 is 5.32 Å². The molecule has 134 valence electrons. The molecule has 0 fully saturated rings. The molecule has 0 spiro atoms. The van der Waals surface area contributed by atoms with Gasteiger partial charge in [0.25, 0.3) is 5.91 Å². The van der Waals surface area contributed by atoms with Gasteiger partial charge in [-0.1, -0.05) is 12.1 Å². The second-order valence-electron chi connectivity index (χ2n) is 4.78. The van der Waals surface area contributed by atoms with E-state index in [1.165, 1.54) is 0 Å². The summed E-state index contributed by atoms with van der Waals surface area (Å²) in [6, 6.07) is 3.81. The maximum atomic E-state index is 12.9. The number of carbonyl (C=O) groups excluding carboxylic acids is 1. The van der Waals surface area contributed by atoms with Crippen LogP contribution in [-0.4, -0.2) is 15.9 Å². The Bertz CT molecular complexity index is 774. The van der Waals surface area contributed by atoms with Gasteiger partial charge in [0.1, 0.15) is 0 Å². The summed E-state index contributed by atoms with van der Waals surface area (Å²) >= 11 is 5.31. The maximum absolute atomic E-state index is 12.9. The lowest BCUT2D eigenvalue weighted by Crippen LogP contribution is -2.27. The van der Waals surface area contributed by atoms with Gasteiger partial charge in [0, 0.05) is 12.7 Å². The molecule has 0 aliphatic heterocycles. The molecule has 0 bridgehead atoms. The van der Waals surface area contributed by atoms with E-state index in [0.717, 1.165) is 24.3 Å². The Morgan fingerprint density at radius 2 is 1.64 bits per heavy atom. The molecule has 0 aliphatic carbocycles. The number of nitrogens with zero attached hydrogens (tertiary/aromatic N) is 2. The first-order valence-corrected chi connectivity index (χ1v) is 6.90.